The maximum atomic E-state index is 13.7. The van der Waals surface area contributed by atoms with Crippen molar-refractivity contribution in [3.05, 3.63) is 68.9 Å². The molecule has 0 fully saturated rings. The minimum absolute atomic E-state index is 0.00473. The molecule has 0 saturated heterocycles. The molecule has 0 aromatic heterocycles. The molecule has 0 aliphatic rings. The molecule has 0 saturated carbocycles. The summed E-state index contributed by atoms with van der Waals surface area (Å²) < 4.78 is 14.5. The van der Waals surface area contributed by atoms with Crippen LogP contribution in [0.2, 0.25) is 5.02 Å². The maximum Gasteiger partial charge on any atom is 0.266 e. The lowest BCUT2D eigenvalue weighted by Gasteiger charge is -2.05. The Hall–Kier alpha value is -2.16. The van der Waals surface area contributed by atoms with Gasteiger partial charge < -0.3 is 5.32 Å². The molecule has 3 nitrogen and oxygen atoms in total. The standard InChI is InChI=1S/C16H9BrClFN2O/c17-11-3-1-4-12(8-11)21-16(22)10(9-20)7-13-14(18)5-2-6-15(13)19/h1-8H,(H,21,22). The molecule has 2 rings (SSSR count). The van der Waals surface area contributed by atoms with Crippen molar-refractivity contribution in [2.75, 3.05) is 5.32 Å². The number of nitrogens with zero attached hydrogens (tertiary/aromatic N) is 1. The maximum absolute atomic E-state index is 13.7. The number of nitriles is 1. The van der Waals surface area contributed by atoms with Crippen LogP contribution in [0.1, 0.15) is 5.56 Å². The van der Waals surface area contributed by atoms with Gasteiger partial charge in [0.1, 0.15) is 17.5 Å². The highest BCUT2D eigenvalue weighted by Crippen LogP contribution is 2.22. The van der Waals surface area contributed by atoms with Crippen LogP contribution in [0.15, 0.2) is 52.5 Å². The summed E-state index contributed by atoms with van der Waals surface area (Å²) in [6.45, 7) is 0. The second-order valence-electron chi connectivity index (χ2n) is 4.27. The van der Waals surface area contributed by atoms with Gasteiger partial charge in [0.2, 0.25) is 0 Å². The van der Waals surface area contributed by atoms with E-state index in [-0.39, 0.29) is 16.2 Å². The van der Waals surface area contributed by atoms with E-state index in [1.807, 2.05) is 0 Å². The fourth-order valence-corrected chi connectivity index (χ4v) is 2.32. The summed E-state index contributed by atoms with van der Waals surface area (Å²) >= 11 is 9.17. The molecule has 6 heteroatoms. The van der Waals surface area contributed by atoms with Gasteiger partial charge in [-0.15, -0.1) is 0 Å². The van der Waals surface area contributed by atoms with Gasteiger partial charge in [-0.2, -0.15) is 5.26 Å². The van der Waals surface area contributed by atoms with Crippen LogP contribution in [0.3, 0.4) is 0 Å². The smallest absolute Gasteiger partial charge is 0.266 e. The Kier molecular flexibility index (Phi) is 5.31. The molecule has 0 radical (unpaired) electrons. The number of benzene rings is 2. The molecular weight excluding hydrogens is 371 g/mol. The summed E-state index contributed by atoms with van der Waals surface area (Å²) in [4.78, 5) is 12.1. The molecule has 0 aliphatic heterocycles. The van der Waals surface area contributed by atoms with Crippen molar-refractivity contribution in [2.45, 2.75) is 0 Å². The highest BCUT2D eigenvalue weighted by Gasteiger charge is 2.12. The van der Waals surface area contributed by atoms with Crippen LogP contribution in [-0.2, 0) is 4.79 Å². The van der Waals surface area contributed by atoms with E-state index < -0.39 is 11.7 Å². The SMILES string of the molecule is N#CC(=Cc1c(F)cccc1Cl)C(=O)Nc1cccc(Br)c1. The van der Waals surface area contributed by atoms with Gasteiger partial charge in [-0.05, 0) is 36.4 Å². The zero-order valence-electron chi connectivity index (χ0n) is 11.1. The number of halogens is 3. The monoisotopic (exact) mass is 378 g/mol. The van der Waals surface area contributed by atoms with E-state index in [2.05, 4.69) is 21.2 Å². The molecular formula is C16H9BrClFN2O. The summed E-state index contributed by atoms with van der Waals surface area (Å²) in [6.07, 6.45) is 1.13. The van der Waals surface area contributed by atoms with Gasteiger partial charge in [0.15, 0.2) is 0 Å². The molecule has 0 atom stereocenters. The summed E-state index contributed by atoms with van der Waals surface area (Å²) in [5, 5.41) is 11.8. The van der Waals surface area contributed by atoms with Gasteiger partial charge >= 0.3 is 0 Å². The molecule has 0 aliphatic carbocycles. The molecule has 22 heavy (non-hydrogen) atoms. The molecule has 2 aromatic rings. The summed E-state index contributed by atoms with van der Waals surface area (Å²) in [7, 11) is 0. The van der Waals surface area contributed by atoms with Gasteiger partial charge in [0, 0.05) is 15.7 Å². The van der Waals surface area contributed by atoms with Gasteiger partial charge in [-0.25, -0.2) is 4.39 Å². The van der Waals surface area contributed by atoms with E-state index in [9.17, 15) is 9.18 Å². The molecule has 0 heterocycles. The topological polar surface area (TPSA) is 52.9 Å². The number of nitrogens with one attached hydrogen (secondary N) is 1. The van der Waals surface area contributed by atoms with Crippen LogP contribution in [0.5, 0.6) is 0 Å². The Morgan fingerprint density at radius 3 is 2.68 bits per heavy atom. The third-order valence-electron chi connectivity index (χ3n) is 2.74. The predicted molar refractivity (Wildman–Crippen MR) is 87.8 cm³/mol. The van der Waals surface area contributed by atoms with Gasteiger partial charge in [-0.1, -0.05) is 39.7 Å². The number of rotatable bonds is 3. The van der Waals surface area contributed by atoms with E-state index in [1.54, 1.807) is 30.3 Å². The molecule has 0 unspecified atom stereocenters. The van der Waals surface area contributed by atoms with Crippen molar-refractivity contribution in [3.63, 3.8) is 0 Å². The van der Waals surface area contributed by atoms with Crippen LogP contribution in [0.4, 0.5) is 10.1 Å². The summed E-state index contributed by atoms with van der Waals surface area (Å²) in [5.41, 5.74) is 0.275. The van der Waals surface area contributed by atoms with E-state index in [4.69, 9.17) is 16.9 Å². The highest BCUT2D eigenvalue weighted by molar-refractivity contribution is 9.10. The van der Waals surface area contributed by atoms with Crippen molar-refractivity contribution in [1.29, 1.82) is 5.26 Å². The van der Waals surface area contributed by atoms with Gasteiger partial charge in [-0.3, -0.25) is 4.79 Å². The first-order valence-electron chi connectivity index (χ1n) is 6.14. The lowest BCUT2D eigenvalue weighted by molar-refractivity contribution is -0.112. The second-order valence-corrected chi connectivity index (χ2v) is 5.59. The quantitative estimate of drug-likeness (QED) is 0.616. The van der Waals surface area contributed by atoms with E-state index in [0.717, 1.165) is 10.5 Å². The number of amides is 1. The molecule has 1 amide bonds. The van der Waals surface area contributed by atoms with Crippen LogP contribution < -0.4 is 5.32 Å². The largest absolute Gasteiger partial charge is 0.321 e. The lowest BCUT2D eigenvalue weighted by Crippen LogP contribution is -2.13. The van der Waals surface area contributed by atoms with Crippen molar-refractivity contribution in [3.8, 4) is 6.07 Å². The zero-order valence-corrected chi connectivity index (χ0v) is 13.5. The molecule has 0 bridgehead atoms. The summed E-state index contributed by atoms with van der Waals surface area (Å²) in [6, 6.07) is 12.8. The minimum atomic E-state index is -0.639. The lowest BCUT2D eigenvalue weighted by atomic mass is 10.1. The minimum Gasteiger partial charge on any atom is -0.321 e. The van der Waals surface area contributed by atoms with Crippen LogP contribution in [0, 0.1) is 17.1 Å². The molecule has 0 spiro atoms. The second kappa shape index (κ2) is 7.21. The fraction of sp³-hybridized carbons (Fsp3) is 0. The number of carbonyl (C=O) groups excluding carboxylic acids is 1. The zero-order chi connectivity index (χ0) is 16.1. The van der Waals surface area contributed by atoms with Crippen molar-refractivity contribution >= 4 is 45.2 Å². The Morgan fingerprint density at radius 1 is 1.32 bits per heavy atom. The fourth-order valence-electron chi connectivity index (χ4n) is 1.71. The first kappa shape index (κ1) is 16.2. The van der Waals surface area contributed by atoms with E-state index in [1.165, 1.54) is 18.2 Å². The third kappa shape index (κ3) is 3.94. The van der Waals surface area contributed by atoms with E-state index in [0.29, 0.717) is 5.69 Å². The van der Waals surface area contributed by atoms with Crippen molar-refractivity contribution in [2.24, 2.45) is 0 Å². The third-order valence-corrected chi connectivity index (χ3v) is 3.56. The Balaban J connectivity index is 2.30. The van der Waals surface area contributed by atoms with Gasteiger partial charge in [0.25, 0.3) is 5.91 Å². The Labute approximate surface area is 140 Å². The van der Waals surface area contributed by atoms with Crippen molar-refractivity contribution < 1.29 is 9.18 Å². The number of hydrogen-bond acceptors (Lipinski definition) is 2. The molecule has 2 aromatic carbocycles. The van der Waals surface area contributed by atoms with Gasteiger partial charge in [0.05, 0.1) is 5.02 Å². The Morgan fingerprint density at radius 2 is 2.05 bits per heavy atom. The number of hydrogen-bond donors (Lipinski definition) is 1. The van der Waals surface area contributed by atoms with Crippen molar-refractivity contribution in [1.82, 2.24) is 0 Å². The normalized spacial score (nSPS) is 10.9. The summed E-state index contributed by atoms with van der Waals surface area (Å²) in [5.74, 6) is -1.24. The predicted octanol–water partition coefficient (Wildman–Crippen LogP) is 4.79. The number of anilines is 1. The van der Waals surface area contributed by atoms with Crippen LogP contribution in [0.25, 0.3) is 6.08 Å². The molecule has 1 N–H and O–H groups in total. The van der Waals surface area contributed by atoms with Crippen LogP contribution in [-0.4, -0.2) is 5.91 Å². The van der Waals surface area contributed by atoms with E-state index >= 15 is 0 Å². The van der Waals surface area contributed by atoms with Crippen LogP contribution >= 0.6 is 27.5 Å². The average Bonchev–Trinajstić information content (AvgIpc) is 2.47. The average molecular weight is 380 g/mol. The number of carbonyl (C=O) groups is 1. The highest BCUT2D eigenvalue weighted by atomic mass is 79.9. The first-order valence-corrected chi connectivity index (χ1v) is 7.31. The first-order chi connectivity index (χ1) is 10.5. The Bertz CT molecular complexity index is 779. The molecule has 110 valence electrons.